The van der Waals surface area contributed by atoms with Gasteiger partial charge in [0.2, 0.25) is 0 Å². The maximum Gasteiger partial charge on any atom is 0.407 e. The van der Waals surface area contributed by atoms with Gasteiger partial charge in [0.05, 0.1) is 0 Å². The van der Waals surface area contributed by atoms with Gasteiger partial charge in [-0.15, -0.1) is 6.58 Å². The summed E-state index contributed by atoms with van der Waals surface area (Å²) in [6.07, 6.45) is 1.30. The zero-order valence-electron chi connectivity index (χ0n) is 8.26. The van der Waals surface area contributed by atoms with Gasteiger partial charge in [0, 0.05) is 11.4 Å². The highest BCUT2D eigenvalue weighted by Gasteiger charge is 2.15. The number of hydrogen-bond acceptors (Lipinski definition) is 2. The first-order valence-electron chi connectivity index (χ1n) is 4.08. The van der Waals surface area contributed by atoms with Gasteiger partial charge in [-0.05, 0) is 20.8 Å². The maximum atomic E-state index is 11.1. The van der Waals surface area contributed by atoms with Crippen molar-refractivity contribution in [2.24, 2.45) is 0 Å². The molecule has 1 unspecified atom stereocenters. The van der Waals surface area contributed by atoms with Gasteiger partial charge in [-0.2, -0.15) is 0 Å². The molecule has 1 amide bonds. The number of alkyl halides is 1. The van der Waals surface area contributed by atoms with Crippen LogP contribution < -0.4 is 5.32 Å². The minimum atomic E-state index is -0.444. The van der Waals surface area contributed by atoms with Gasteiger partial charge in [0.25, 0.3) is 0 Å². The molecule has 0 aromatic carbocycles. The molecule has 0 saturated carbocycles. The highest BCUT2D eigenvalue weighted by molar-refractivity contribution is 9.09. The number of halogens is 1. The summed E-state index contributed by atoms with van der Waals surface area (Å²) in [4.78, 5) is 11.2. The molecule has 0 radical (unpaired) electrons. The number of alkyl carbamates (subject to hydrolysis) is 1. The quantitative estimate of drug-likeness (QED) is 0.617. The summed E-state index contributed by atoms with van der Waals surface area (Å²) in [6.45, 7) is 9.53. The molecule has 0 aliphatic rings. The van der Waals surface area contributed by atoms with Crippen LogP contribution in [0.3, 0.4) is 0 Å². The van der Waals surface area contributed by atoms with Crippen LogP contribution in [0.5, 0.6) is 0 Å². The van der Waals surface area contributed by atoms with Gasteiger partial charge < -0.3 is 10.1 Å². The number of rotatable bonds is 3. The molecule has 3 nitrogen and oxygen atoms in total. The summed E-state index contributed by atoms with van der Waals surface area (Å²) < 4.78 is 5.03. The molecule has 0 aliphatic heterocycles. The number of nitrogens with one attached hydrogen (secondary N) is 1. The lowest BCUT2D eigenvalue weighted by molar-refractivity contribution is 0.0529. The summed E-state index contributed by atoms with van der Waals surface area (Å²) >= 11 is 3.30. The summed E-state index contributed by atoms with van der Waals surface area (Å²) in [7, 11) is 0. The Balaban J connectivity index is 3.70. The zero-order valence-corrected chi connectivity index (χ0v) is 9.85. The Labute approximate surface area is 87.7 Å². The first-order chi connectivity index (χ1) is 5.85. The van der Waals surface area contributed by atoms with Gasteiger partial charge in [-0.3, -0.25) is 0 Å². The molecule has 0 aromatic rings. The Morgan fingerprint density at radius 2 is 2.23 bits per heavy atom. The molecule has 0 heterocycles. The molecular formula is C9H16BrNO2. The lowest BCUT2D eigenvalue weighted by Gasteiger charge is -2.20. The molecule has 0 saturated heterocycles. The topological polar surface area (TPSA) is 38.3 Å². The van der Waals surface area contributed by atoms with Crippen molar-refractivity contribution in [2.75, 3.05) is 6.54 Å². The van der Waals surface area contributed by atoms with E-state index in [1.54, 1.807) is 6.08 Å². The third-order valence-corrected chi connectivity index (χ3v) is 1.79. The van der Waals surface area contributed by atoms with E-state index >= 15 is 0 Å². The minimum Gasteiger partial charge on any atom is -0.444 e. The molecular weight excluding hydrogens is 234 g/mol. The Hall–Kier alpha value is -0.510. The van der Waals surface area contributed by atoms with Crippen LogP contribution in [0.2, 0.25) is 0 Å². The van der Waals surface area contributed by atoms with Crippen LogP contribution >= 0.6 is 15.9 Å². The summed E-state index contributed by atoms with van der Waals surface area (Å²) in [5.74, 6) is 0. The van der Waals surface area contributed by atoms with E-state index in [0.717, 1.165) is 0 Å². The van der Waals surface area contributed by atoms with Gasteiger partial charge in [0.15, 0.2) is 0 Å². The molecule has 0 spiro atoms. The average molecular weight is 250 g/mol. The molecule has 0 bridgehead atoms. The third kappa shape index (κ3) is 7.84. The van der Waals surface area contributed by atoms with Crippen molar-refractivity contribution in [1.29, 1.82) is 0 Å². The van der Waals surface area contributed by atoms with Crippen molar-refractivity contribution in [3.8, 4) is 0 Å². The molecule has 4 heteroatoms. The predicted molar refractivity (Wildman–Crippen MR) is 57.1 cm³/mol. The molecule has 1 atom stereocenters. The van der Waals surface area contributed by atoms with E-state index in [0.29, 0.717) is 6.54 Å². The molecule has 0 rings (SSSR count). The largest absolute Gasteiger partial charge is 0.444 e. The van der Waals surface area contributed by atoms with Crippen LogP contribution in [0.15, 0.2) is 12.7 Å². The van der Waals surface area contributed by atoms with Gasteiger partial charge in [-0.1, -0.05) is 22.0 Å². The maximum absolute atomic E-state index is 11.1. The number of ether oxygens (including phenoxy) is 1. The number of amides is 1. The Morgan fingerprint density at radius 1 is 1.69 bits per heavy atom. The predicted octanol–water partition coefficient (Wildman–Crippen LogP) is 2.46. The van der Waals surface area contributed by atoms with Crippen LogP contribution in [-0.4, -0.2) is 23.1 Å². The monoisotopic (exact) mass is 249 g/mol. The van der Waals surface area contributed by atoms with Crippen LogP contribution in [-0.2, 0) is 4.74 Å². The normalized spacial score (nSPS) is 13.2. The fourth-order valence-electron chi connectivity index (χ4n) is 0.578. The molecule has 0 aliphatic carbocycles. The smallest absolute Gasteiger partial charge is 0.407 e. The third-order valence-electron chi connectivity index (χ3n) is 1.10. The molecule has 0 fully saturated rings. The van der Waals surface area contributed by atoms with E-state index in [1.807, 2.05) is 20.8 Å². The summed E-state index contributed by atoms with van der Waals surface area (Å²) in [6, 6.07) is 0. The van der Waals surface area contributed by atoms with Crippen molar-refractivity contribution in [3.05, 3.63) is 12.7 Å². The first-order valence-corrected chi connectivity index (χ1v) is 5.00. The van der Waals surface area contributed by atoms with E-state index in [-0.39, 0.29) is 4.83 Å². The van der Waals surface area contributed by atoms with Crippen LogP contribution in [0.25, 0.3) is 0 Å². The molecule has 76 valence electrons. The van der Waals surface area contributed by atoms with Crippen LogP contribution in [0, 0.1) is 0 Å². The fourth-order valence-corrected chi connectivity index (χ4v) is 0.740. The molecule has 0 aromatic heterocycles. The Kier molecular flexibility index (Phi) is 5.06. The second kappa shape index (κ2) is 5.27. The summed E-state index contributed by atoms with van der Waals surface area (Å²) in [5.41, 5.74) is -0.444. The van der Waals surface area contributed by atoms with E-state index in [4.69, 9.17) is 4.74 Å². The van der Waals surface area contributed by atoms with E-state index < -0.39 is 11.7 Å². The Bertz CT molecular complexity index is 187. The molecule has 1 N–H and O–H groups in total. The van der Waals surface area contributed by atoms with Crippen molar-refractivity contribution >= 4 is 22.0 Å². The molecule has 13 heavy (non-hydrogen) atoms. The highest BCUT2D eigenvalue weighted by Crippen LogP contribution is 2.06. The minimum absolute atomic E-state index is 0.0834. The lowest BCUT2D eigenvalue weighted by Crippen LogP contribution is -2.35. The van der Waals surface area contributed by atoms with Crippen molar-refractivity contribution in [1.82, 2.24) is 5.32 Å². The second-order valence-corrected chi connectivity index (χ2v) is 4.81. The van der Waals surface area contributed by atoms with Crippen LogP contribution in [0.1, 0.15) is 20.8 Å². The highest BCUT2D eigenvalue weighted by atomic mass is 79.9. The summed E-state index contributed by atoms with van der Waals surface area (Å²) in [5, 5.41) is 2.61. The van der Waals surface area contributed by atoms with Crippen LogP contribution in [0.4, 0.5) is 4.79 Å². The van der Waals surface area contributed by atoms with E-state index in [2.05, 4.69) is 27.8 Å². The second-order valence-electron chi connectivity index (χ2n) is 3.63. The lowest BCUT2D eigenvalue weighted by atomic mass is 10.2. The number of hydrogen-bond donors (Lipinski definition) is 1. The standard InChI is InChI=1S/C9H16BrNO2/c1-5-7(10)6-11-8(12)13-9(2,3)4/h5,7H,1,6H2,2-4H3,(H,11,12). The van der Waals surface area contributed by atoms with E-state index in [1.165, 1.54) is 0 Å². The zero-order chi connectivity index (χ0) is 10.5. The van der Waals surface area contributed by atoms with Crippen molar-refractivity contribution in [3.63, 3.8) is 0 Å². The van der Waals surface area contributed by atoms with Gasteiger partial charge in [0.1, 0.15) is 5.60 Å². The van der Waals surface area contributed by atoms with Crippen molar-refractivity contribution in [2.45, 2.75) is 31.2 Å². The number of carbonyl (C=O) groups is 1. The average Bonchev–Trinajstić information content (AvgIpc) is 1.97. The van der Waals surface area contributed by atoms with Gasteiger partial charge in [-0.25, -0.2) is 4.79 Å². The van der Waals surface area contributed by atoms with E-state index in [9.17, 15) is 4.79 Å². The number of carbonyl (C=O) groups excluding carboxylic acids is 1. The first kappa shape index (κ1) is 12.5. The van der Waals surface area contributed by atoms with Gasteiger partial charge >= 0.3 is 6.09 Å². The van der Waals surface area contributed by atoms with Crippen molar-refractivity contribution < 1.29 is 9.53 Å². The SMILES string of the molecule is C=CC(Br)CNC(=O)OC(C)(C)C. The fraction of sp³-hybridized carbons (Fsp3) is 0.667. The Morgan fingerprint density at radius 3 is 2.62 bits per heavy atom.